The quantitative estimate of drug-likeness (QED) is 0.764. The highest BCUT2D eigenvalue weighted by atomic mass is 16.5. The Labute approximate surface area is 176 Å². The van der Waals surface area contributed by atoms with Gasteiger partial charge >= 0.3 is 6.03 Å². The normalized spacial score (nSPS) is 25.3. The molecule has 4 rings (SSSR count). The highest BCUT2D eigenvalue weighted by Gasteiger charge is 2.41. The first-order chi connectivity index (χ1) is 14.3. The molecule has 2 aliphatic heterocycles. The largest absolute Gasteiger partial charge is 0.378 e. The van der Waals surface area contributed by atoms with Gasteiger partial charge in [0.05, 0.1) is 24.4 Å². The maximum Gasteiger partial charge on any atom is 0.318 e. The van der Waals surface area contributed by atoms with Crippen molar-refractivity contribution in [3.63, 3.8) is 0 Å². The van der Waals surface area contributed by atoms with Crippen molar-refractivity contribution in [2.24, 2.45) is 18.0 Å². The number of nitrogens with one attached hydrogen (secondary N) is 2. The molecule has 1 aromatic heterocycles. The van der Waals surface area contributed by atoms with Gasteiger partial charge in [0.25, 0.3) is 5.91 Å². The van der Waals surface area contributed by atoms with Crippen molar-refractivity contribution in [2.75, 3.05) is 20.2 Å². The van der Waals surface area contributed by atoms with Crippen LogP contribution in [0.2, 0.25) is 0 Å². The first-order valence-corrected chi connectivity index (χ1v) is 10.4. The van der Waals surface area contributed by atoms with Crippen molar-refractivity contribution >= 4 is 17.8 Å². The van der Waals surface area contributed by atoms with Crippen molar-refractivity contribution in [3.05, 3.63) is 29.1 Å². The van der Waals surface area contributed by atoms with Crippen molar-refractivity contribution < 1.29 is 14.3 Å². The van der Waals surface area contributed by atoms with Gasteiger partial charge < -0.3 is 20.3 Å². The smallest absolute Gasteiger partial charge is 0.318 e. The fourth-order valence-corrected chi connectivity index (χ4v) is 4.67. The van der Waals surface area contributed by atoms with Gasteiger partial charge in [-0.15, -0.1) is 0 Å². The van der Waals surface area contributed by atoms with Crippen LogP contribution < -0.4 is 10.6 Å². The summed E-state index contributed by atoms with van der Waals surface area (Å²) in [5.74, 6) is 0.756. The average Bonchev–Trinajstić information content (AvgIpc) is 3.42. The third kappa shape index (κ3) is 4.12. The van der Waals surface area contributed by atoms with E-state index in [0.29, 0.717) is 36.3 Å². The zero-order chi connectivity index (χ0) is 21.5. The van der Waals surface area contributed by atoms with E-state index in [9.17, 15) is 9.59 Å². The first-order valence-electron chi connectivity index (χ1n) is 10.4. The van der Waals surface area contributed by atoms with Crippen molar-refractivity contribution in [3.8, 4) is 0 Å². The van der Waals surface area contributed by atoms with Gasteiger partial charge in [0, 0.05) is 26.7 Å². The third-order valence-electron chi connectivity index (χ3n) is 6.09. The minimum Gasteiger partial charge on any atom is -0.378 e. The zero-order valence-electron chi connectivity index (χ0n) is 18.1. The summed E-state index contributed by atoms with van der Waals surface area (Å²) in [4.78, 5) is 31.4. The summed E-state index contributed by atoms with van der Waals surface area (Å²) in [6.45, 7) is 5.82. The number of hydrogen-bond donors (Lipinski definition) is 2. The summed E-state index contributed by atoms with van der Waals surface area (Å²) in [6.07, 6.45) is 4.99. The van der Waals surface area contributed by atoms with Gasteiger partial charge in [0.2, 0.25) is 0 Å². The standard InChI is InChI=1S/C21H30N6O3/c1-21(2)12-27(20(29)24-21)16-6-5-13(7-16)14-8-18(22-10-14)23-19(28)17-9-15(11-30-4)25-26(17)3/h8-9,13,16H,5-7,10-12H2,1-4H3,(H,24,29)(H,22,23,28)/t13-,16+/m1/s1. The number of nitrogens with zero attached hydrogens (tertiary/aromatic N) is 4. The minimum atomic E-state index is -0.233. The number of carbonyl (C=O) groups is 2. The zero-order valence-corrected chi connectivity index (χ0v) is 18.1. The molecular weight excluding hydrogens is 384 g/mol. The Morgan fingerprint density at radius 1 is 1.40 bits per heavy atom. The maximum absolute atomic E-state index is 12.6. The summed E-state index contributed by atoms with van der Waals surface area (Å²) >= 11 is 0. The molecule has 0 spiro atoms. The number of rotatable bonds is 5. The number of aromatic nitrogens is 2. The van der Waals surface area contributed by atoms with E-state index in [4.69, 9.17) is 4.74 Å². The van der Waals surface area contributed by atoms with Crippen LogP contribution in [0, 0.1) is 5.92 Å². The van der Waals surface area contributed by atoms with Crippen LogP contribution in [-0.4, -0.2) is 64.2 Å². The molecule has 2 atom stereocenters. The summed E-state index contributed by atoms with van der Waals surface area (Å²) in [7, 11) is 3.33. The van der Waals surface area contributed by atoms with E-state index >= 15 is 0 Å². The number of methoxy groups -OCH3 is 1. The molecule has 9 nitrogen and oxygen atoms in total. The van der Waals surface area contributed by atoms with Crippen LogP contribution >= 0.6 is 0 Å². The van der Waals surface area contributed by atoms with Crippen molar-refractivity contribution in [2.45, 2.75) is 51.3 Å². The van der Waals surface area contributed by atoms with Crippen LogP contribution in [-0.2, 0) is 18.4 Å². The third-order valence-corrected chi connectivity index (χ3v) is 6.09. The number of carbonyl (C=O) groups excluding carboxylic acids is 2. The van der Waals surface area contributed by atoms with E-state index in [1.807, 2.05) is 11.0 Å². The molecule has 30 heavy (non-hydrogen) atoms. The monoisotopic (exact) mass is 414 g/mol. The van der Waals surface area contributed by atoms with Gasteiger partial charge in [-0.2, -0.15) is 5.10 Å². The highest BCUT2D eigenvalue weighted by molar-refractivity contribution is 6.10. The maximum atomic E-state index is 12.6. The molecule has 1 aliphatic carbocycles. The molecular formula is C21H30N6O3. The number of urea groups is 1. The molecule has 3 heterocycles. The molecule has 2 N–H and O–H groups in total. The molecule has 0 unspecified atom stereocenters. The lowest BCUT2D eigenvalue weighted by atomic mass is 9.97. The van der Waals surface area contributed by atoms with E-state index in [1.54, 1.807) is 24.9 Å². The van der Waals surface area contributed by atoms with Crippen molar-refractivity contribution in [1.29, 1.82) is 0 Å². The van der Waals surface area contributed by atoms with Gasteiger partial charge in [-0.1, -0.05) is 0 Å². The Morgan fingerprint density at radius 2 is 2.20 bits per heavy atom. The fourth-order valence-electron chi connectivity index (χ4n) is 4.67. The first kappa shape index (κ1) is 20.6. The second-order valence-electron chi connectivity index (χ2n) is 9.06. The van der Waals surface area contributed by atoms with Crippen LogP contribution in [0.4, 0.5) is 4.79 Å². The van der Waals surface area contributed by atoms with Gasteiger partial charge in [-0.3, -0.25) is 14.5 Å². The SMILES string of the molecule is COCc1cc(C(=O)NC2=NCC([C@@H]3CC[C@H](N4CC(C)(C)NC4=O)C3)=C2)n(C)n1. The Hall–Kier alpha value is -2.68. The second kappa shape index (κ2) is 7.86. The second-order valence-corrected chi connectivity index (χ2v) is 9.06. The van der Waals surface area contributed by atoms with Gasteiger partial charge in [-0.25, -0.2) is 4.79 Å². The Kier molecular flexibility index (Phi) is 5.40. The van der Waals surface area contributed by atoms with Crippen LogP contribution in [0.1, 0.15) is 49.3 Å². The number of ether oxygens (including phenoxy) is 1. The molecule has 0 aromatic carbocycles. The molecule has 1 aromatic rings. The predicted octanol–water partition coefficient (Wildman–Crippen LogP) is 1.61. The van der Waals surface area contributed by atoms with E-state index < -0.39 is 0 Å². The molecule has 3 amide bonds. The lowest BCUT2D eigenvalue weighted by Gasteiger charge is -2.24. The number of hydrogen-bond acceptors (Lipinski definition) is 5. The number of amides is 3. The Morgan fingerprint density at radius 3 is 2.90 bits per heavy atom. The fraction of sp³-hybridized carbons (Fsp3) is 0.619. The molecule has 0 bridgehead atoms. The molecule has 2 fully saturated rings. The number of amidine groups is 1. The van der Waals surface area contributed by atoms with E-state index in [1.165, 1.54) is 5.57 Å². The van der Waals surface area contributed by atoms with E-state index in [-0.39, 0.29) is 23.5 Å². The molecule has 1 saturated heterocycles. The minimum absolute atomic E-state index is 0.0410. The lowest BCUT2D eigenvalue weighted by Crippen LogP contribution is -2.36. The molecule has 0 radical (unpaired) electrons. The van der Waals surface area contributed by atoms with Crippen LogP contribution in [0.5, 0.6) is 0 Å². The molecule has 1 saturated carbocycles. The summed E-state index contributed by atoms with van der Waals surface area (Å²) in [5, 5.41) is 10.2. The molecule has 162 valence electrons. The van der Waals surface area contributed by atoms with E-state index in [0.717, 1.165) is 25.8 Å². The summed E-state index contributed by atoms with van der Waals surface area (Å²) in [6, 6.07) is 2.03. The summed E-state index contributed by atoms with van der Waals surface area (Å²) in [5.41, 5.74) is 2.24. The van der Waals surface area contributed by atoms with Crippen LogP contribution in [0.15, 0.2) is 22.7 Å². The van der Waals surface area contributed by atoms with Crippen molar-refractivity contribution in [1.82, 2.24) is 25.3 Å². The Bertz CT molecular complexity index is 916. The lowest BCUT2D eigenvalue weighted by molar-refractivity contribution is 0.0968. The molecule has 3 aliphatic rings. The van der Waals surface area contributed by atoms with Crippen LogP contribution in [0.3, 0.4) is 0 Å². The number of aryl methyl sites for hydroxylation is 1. The summed E-state index contributed by atoms with van der Waals surface area (Å²) < 4.78 is 6.62. The Balaban J connectivity index is 1.35. The van der Waals surface area contributed by atoms with Gasteiger partial charge in [0.1, 0.15) is 11.5 Å². The molecule has 9 heteroatoms. The predicted molar refractivity (Wildman–Crippen MR) is 112 cm³/mol. The van der Waals surface area contributed by atoms with Gasteiger partial charge in [0.15, 0.2) is 0 Å². The van der Waals surface area contributed by atoms with Crippen LogP contribution in [0.25, 0.3) is 0 Å². The number of aliphatic imine (C=N–C) groups is 1. The van der Waals surface area contributed by atoms with E-state index in [2.05, 4.69) is 34.6 Å². The topological polar surface area (TPSA) is 101 Å². The highest BCUT2D eigenvalue weighted by Crippen LogP contribution is 2.37. The van der Waals surface area contributed by atoms with Gasteiger partial charge in [-0.05, 0) is 56.7 Å². The average molecular weight is 415 g/mol.